The molecule has 72 valence electrons. The summed E-state index contributed by atoms with van der Waals surface area (Å²) in [5.41, 5.74) is 1.18. The van der Waals surface area contributed by atoms with Gasteiger partial charge in [0.05, 0.1) is 0 Å². The summed E-state index contributed by atoms with van der Waals surface area (Å²) in [6.45, 7) is 10.8. The fraction of sp³-hybridized carbons (Fsp3) is 0.500. The van der Waals surface area contributed by atoms with Crippen molar-refractivity contribution < 1.29 is 0 Å². The molecule has 3 nitrogen and oxygen atoms in total. The predicted molar refractivity (Wildman–Crippen MR) is 54.6 cm³/mol. The first kappa shape index (κ1) is 9.99. The number of hydrogen-bond acceptors (Lipinski definition) is 2. The van der Waals surface area contributed by atoms with Crippen molar-refractivity contribution in [2.24, 2.45) is 0 Å². The molecule has 0 spiro atoms. The first-order valence-electron chi connectivity index (χ1n) is 4.59. The molecular formula is C10H17N3. The Morgan fingerprint density at radius 1 is 1.69 bits per heavy atom. The fourth-order valence-electron chi connectivity index (χ4n) is 1.17. The van der Waals surface area contributed by atoms with Gasteiger partial charge in [0.1, 0.15) is 5.82 Å². The number of aromatic nitrogens is 2. The van der Waals surface area contributed by atoms with E-state index in [0.717, 1.165) is 25.5 Å². The summed E-state index contributed by atoms with van der Waals surface area (Å²) < 4.78 is 2.10. The third kappa shape index (κ3) is 3.03. The first-order valence-corrected chi connectivity index (χ1v) is 4.59. The Morgan fingerprint density at radius 2 is 2.46 bits per heavy atom. The van der Waals surface area contributed by atoms with E-state index in [1.54, 1.807) is 0 Å². The summed E-state index contributed by atoms with van der Waals surface area (Å²) in [7, 11) is 0. The number of rotatable bonds is 5. The van der Waals surface area contributed by atoms with Crippen LogP contribution in [0.4, 0.5) is 0 Å². The van der Waals surface area contributed by atoms with Gasteiger partial charge in [-0.05, 0) is 19.0 Å². The van der Waals surface area contributed by atoms with Crippen molar-refractivity contribution >= 4 is 0 Å². The molecule has 1 rings (SSSR count). The molecule has 0 aliphatic rings. The van der Waals surface area contributed by atoms with Crippen LogP contribution in [0.15, 0.2) is 24.5 Å². The highest BCUT2D eigenvalue weighted by Crippen LogP contribution is 1.99. The van der Waals surface area contributed by atoms with Gasteiger partial charge in [0.25, 0.3) is 0 Å². The van der Waals surface area contributed by atoms with E-state index in [0.29, 0.717) is 0 Å². The quantitative estimate of drug-likeness (QED) is 0.692. The summed E-state index contributed by atoms with van der Waals surface area (Å²) in [6.07, 6.45) is 3.79. The van der Waals surface area contributed by atoms with Crippen LogP contribution in [0.2, 0.25) is 0 Å². The maximum Gasteiger partial charge on any atom is 0.105 e. The number of imidazole rings is 1. The van der Waals surface area contributed by atoms with Gasteiger partial charge < -0.3 is 9.88 Å². The van der Waals surface area contributed by atoms with E-state index in [1.807, 2.05) is 19.3 Å². The van der Waals surface area contributed by atoms with Crippen molar-refractivity contribution in [3.05, 3.63) is 30.4 Å². The molecule has 0 radical (unpaired) electrons. The van der Waals surface area contributed by atoms with Crippen LogP contribution in [0.3, 0.4) is 0 Å². The van der Waals surface area contributed by atoms with Crippen molar-refractivity contribution in [3.8, 4) is 0 Å². The van der Waals surface area contributed by atoms with Crippen molar-refractivity contribution in [2.75, 3.05) is 13.1 Å². The maximum absolute atomic E-state index is 4.15. The zero-order valence-corrected chi connectivity index (χ0v) is 8.38. The molecule has 0 aliphatic heterocycles. The van der Waals surface area contributed by atoms with Crippen LogP contribution in [0.25, 0.3) is 0 Å². The SMILES string of the molecule is C=C(CNCC)Cn1ccnc1C. The Balaban J connectivity index is 2.41. The second kappa shape index (κ2) is 4.82. The van der Waals surface area contributed by atoms with Crippen molar-refractivity contribution in [1.29, 1.82) is 0 Å². The average Bonchev–Trinajstić information content (AvgIpc) is 2.48. The minimum Gasteiger partial charge on any atom is -0.331 e. The van der Waals surface area contributed by atoms with E-state index in [9.17, 15) is 0 Å². The molecule has 3 heteroatoms. The Kier molecular flexibility index (Phi) is 3.71. The lowest BCUT2D eigenvalue weighted by atomic mass is 10.3. The molecule has 0 saturated heterocycles. The van der Waals surface area contributed by atoms with Gasteiger partial charge >= 0.3 is 0 Å². The highest BCUT2D eigenvalue weighted by atomic mass is 15.1. The third-order valence-corrected chi connectivity index (χ3v) is 1.94. The molecule has 0 fully saturated rings. The molecule has 0 aromatic carbocycles. The predicted octanol–water partition coefficient (Wildman–Crippen LogP) is 1.36. The van der Waals surface area contributed by atoms with Crippen LogP contribution >= 0.6 is 0 Å². The number of aryl methyl sites for hydroxylation is 1. The first-order chi connectivity index (χ1) is 6.24. The Hall–Kier alpha value is -1.09. The lowest BCUT2D eigenvalue weighted by Crippen LogP contribution is -2.18. The molecule has 1 N–H and O–H groups in total. The van der Waals surface area contributed by atoms with Gasteiger partial charge in [0.15, 0.2) is 0 Å². The number of likely N-dealkylation sites (N-methyl/N-ethyl adjacent to an activating group) is 1. The molecule has 1 aromatic heterocycles. The molecule has 0 bridgehead atoms. The molecule has 13 heavy (non-hydrogen) atoms. The third-order valence-electron chi connectivity index (χ3n) is 1.94. The molecule has 0 saturated carbocycles. The Bertz CT molecular complexity index is 275. The summed E-state index contributed by atoms with van der Waals surface area (Å²) in [5, 5.41) is 3.25. The van der Waals surface area contributed by atoms with Gasteiger partial charge in [-0.25, -0.2) is 4.98 Å². The summed E-state index contributed by atoms with van der Waals surface area (Å²) in [5.74, 6) is 1.04. The van der Waals surface area contributed by atoms with Gasteiger partial charge in [-0.15, -0.1) is 0 Å². The minimum absolute atomic E-state index is 0.860. The molecule has 1 aromatic rings. The normalized spacial score (nSPS) is 10.3. The topological polar surface area (TPSA) is 29.9 Å². The van der Waals surface area contributed by atoms with Crippen molar-refractivity contribution in [1.82, 2.24) is 14.9 Å². The van der Waals surface area contributed by atoms with Crippen LogP contribution < -0.4 is 5.32 Å². The lowest BCUT2D eigenvalue weighted by Gasteiger charge is -2.08. The van der Waals surface area contributed by atoms with E-state index in [-0.39, 0.29) is 0 Å². The summed E-state index contributed by atoms with van der Waals surface area (Å²) >= 11 is 0. The molecule has 0 amide bonds. The van der Waals surface area contributed by atoms with Gasteiger partial charge in [0.2, 0.25) is 0 Å². The zero-order valence-electron chi connectivity index (χ0n) is 8.38. The number of hydrogen-bond donors (Lipinski definition) is 1. The monoisotopic (exact) mass is 179 g/mol. The molecule has 0 unspecified atom stereocenters. The van der Waals surface area contributed by atoms with E-state index < -0.39 is 0 Å². The highest BCUT2D eigenvalue weighted by Gasteiger charge is 1.98. The molecular weight excluding hydrogens is 162 g/mol. The second-order valence-corrected chi connectivity index (χ2v) is 3.13. The fourth-order valence-corrected chi connectivity index (χ4v) is 1.17. The molecule has 1 heterocycles. The average molecular weight is 179 g/mol. The standard InChI is InChI=1S/C10H17N3/c1-4-11-7-9(2)8-13-6-5-12-10(13)3/h5-6,11H,2,4,7-8H2,1,3H3. The zero-order chi connectivity index (χ0) is 9.68. The molecule has 0 atom stereocenters. The maximum atomic E-state index is 4.15. The van der Waals surface area contributed by atoms with Crippen molar-refractivity contribution in [2.45, 2.75) is 20.4 Å². The van der Waals surface area contributed by atoms with E-state index >= 15 is 0 Å². The van der Waals surface area contributed by atoms with Gasteiger partial charge in [-0.2, -0.15) is 0 Å². The summed E-state index contributed by atoms with van der Waals surface area (Å²) in [6, 6.07) is 0. The van der Waals surface area contributed by atoms with Gasteiger partial charge in [-0.1, -0.05) is 13.5 Å². The van der Waals surface area contributed by atoms with Crippen LogP contribution in [-0.4, -0.2) is 22.6 Å². The van der Waals surface area contributed by atoms with Crippen LogP contribution in [0, 0.1) is 6.92 Å². The summed E-state index contributed by atoms with van der Waals surface area (Å²) in [4.78, 5) is 4.15. The minimum atomic E-state index is 0.860. The van der Waals surface area contributed by atoms with E-state index in [2.05, 4.69) is 28.4 Å². The van der Waals surface area contributed by atoms with Gasteiger partial charge in [-0.3, -0.25) is 0 Å². The van der Waals surface area contributed by atoms with Gasteiger partial charge in [0, 0.05) is 25.5 Å². The Morgan fingerprint density at radius 3 is 3.00 bits per heavy atom. The Labute approximate surface area is 79.5 Å². The van der Waals surface area contributed by atoms with Crippen LogP contribution in [0.1, 0.15) is 12.7 Å². The lowest BCUT2D eigenvalue weighted by molar-refractivity contribution is 0.690. The molecule has 0 aliphatic carbocycles. The number of nitrogens with one attached hydrogen (secondary N) is 1. The van der Waals surface area contributed by atoms with Crippen LogP contribution in [-0.2, 0) is 6.54 Å². The number of nitrogens with zero attached hydrogens (tertiary/aromatic N) is 2. The smallest absolute Gasteiger partial charge is 0.105 e. The van der Waals surface area contributed by atoms with Crippen molar-refractivity contribution in [3.63, 3.8) is 0 Å². The van der Waals surface area contributed by atoms with E-state index in [1.165, 1.54) is 5.57 Å². The second-order valence-electron chi connectivity index (χ2n) is 3.13. The van der Waals surface area contributed by atoms with Crippen LogP contribution in [0.5, 0.6) is 0 Å². The van der Waals surface area contributed by atoms with E-state index in [4.69, 9.17) is 0 Å². The highest BCUT2D eigenvalue weighted by molar-refractivity contribution is 5.01. The largest absolute Gasteiger partial charge is 0.331 e.